The first-order valence-corrected chi connectivity index (χ1v) is 12.1. The van der Waals surface area contributed by atoms with Crippen molar-refractivity contribution >= 4 is 10.0 Å². The Morgan fingerprint density at radius 1 is 0.897 bits per heavy atom. The van der Waals surface area contributed by atoms with Crippen LogP contribution in [0.15, 0.2) is 59.5 Å². The topological polar surface area (TPSA) is 49.9 Å². The van der Waals surface area contributed by atoms with Gasteiger partial charge in [-0.05, 0) is 49.3 Å². The quantitative estimate of drug-likeness (QED) is 0.771. The van der Waals surface area contributed by atoms with E-state index in [1.807, 2.05) is 12.1 Å². The summed E-state index contributed by atoms with van der Waals surface area (Å²) in [5, 5.41) is 0. The van der Waals surface area contributed by atoms with Crippen LogP contribution in [0.3, 0.4) is 0 Å². The number of nitrogens with zero attached hydrogens (tertiary/aromatic N) is 2. The zero-order valence-corrected chi connectivity index (χ0v) is 17.4. The van der Waals surface area contributed by atoms with Gasteiger partial charge in [0.15, 0.2) is 0 Å². The Kier molecular flexibility index (Phi) is 5.10. The summed E-state index contributed by atoms with van der Waals surface area (Å²) in [5.74, 6) is 1.01. The van der Waals surface area contributed by atoms with Gasteiger partial charge in [-0.25, -0.2) is 8.42 Å². The Bertz CT molecular complexity index is 959. The molecule has 0 amide bonds. The van der Waals surface area contributed by atoms with Crippen LogP contribution >= 0.6 is 0 Å². The Labute approximate surface area is 173 Å². The molecule has 3 aliphatic rings. The first-order chi connectivity index (χ1) is 14.1. The zero-order valence-electron chi connectivity index (χ0n) is 16.6. The minimum atomic E-state index is -3.55. The lowest BCUT2D eigenvalue weighted by molar-refractivity contribution is 0.111. The number of ether oxygens (including phenoxy) is 1. The van der Waals surface area contributed by atoms with Crippen molar-refractivity contribution in [1.82, 2.24) is 9.21 Å². The number of benzene rings is 2. The van der Waals surface area contributed by atoms with Crippen molar-refractivity contribution in [3.05, 3.63) is 60.2 Å². The molecule has 0 radical (unpaired) electrons. The summed E-state index contributed by atoms with van der Waals surface area (Å²) in [7, 11) is -3.55. The molecule has 5 rings (SSSR count). The van der Waals surface area contributed by atoms with Gasteiger partial charge < -0.3 is 4.74 Å². The van der Waals surface area contributed by atoms with E-state index in [4.69, 9.17) is 4.74 Å². The van der Waals surface area contributed by atoms with Crippen LogP contribution in [-0.2, 0) is 16.6 Å². The van der Waals surface area contributed by atoms with Gasteiger partial charge in [-0.1, -0.05) is 42.5 Å². The van der Waals surface area contributed by atoms with Gasteiger partial charge in [0, 0.05) is 26.2 Å². The summed E-state index contributed by atoms with van der Waals surface area (Å²) in [6.07, 6.45) is 3.80. The number of hydrogen-bond acceptors (Lipinski definition) is 4. The Balaban J connectivity index is 1.44. The predicted octanol–water partition coefficient (Wildman–Crippen LogP) is 3.51. The van der Waals surface area contributed by atoms with Gasteiger partial charge >= 0.3 is 0 Å². The summed E-state index contributed by atoms with van der Waals surface area (Å²) in [6.45, 7) is 3.31. The minimum absolute atomic E-state index is 0.103. The summed E-state index contributed by atoms with van der Waals surface area (Å²) in [4.78, 5) is 2.76. The molecule has 0 unspecified atom stereocenters. The third-order valence-corrected chi connectivity index (χ3v) is 8.30. The molecule has 1 saturated heterocycles. The van der Waals surface area contributed by atoms with Crippen LogP contribution in [0.2, 0.25) is 0 Å². The van der Waals surface area contributed by atoms with E-state index in [0.29, 0.717) is 23.1 Å². The molecule has 2 aromatic rings. The van der Waals surface area contributed by atoms with Gasteiger partial charge in [-0.2, -0.15) is 4.31 Å². The number of sulfonamides is 1. The molecule has 1 aliphatic carbocycles. The van der Waals surface area contributed by atoms with Crippen molar-refractivity contribution in [2.75, 3.05) is 19.6 Å². The zero-order chi connectivity index (χ0) is 19.8. The van der Waals surface area contributed by atoms with E-state index < -0.39 is 10.0 Å². The van der Waals surface area contributed by atoms with E-state index in [1.54, 1.807) is 22.5 Å². The van der Waals surface area contributed by atoms with Gasteiger partial charge in [0.25, 0.3) is 0 Å². The fourth-order valence-corrected chi connectivity index (χ4v) is 6.48. The summed E-state index contributed by atoms with van der Waals surface area (Å²) >= 11 is 0. The molecule has 154 valence electrons. The fourth-order valence-electron chi connectivity index (χ4n) is 4.60. The average molecular weight is 413 g/mol. The Morgan fingerprint density at radius 2 is 1.62 bits per heavy atom. The predicted molar refractivity (Wildman–Crippen MR) is 112 cm³/mol. The second kappa shape index (κ2) is 7.74. The van der Waals surface area contributed by atoms with Crippen LogP contribution in [-0.4, -0.2) is 49.4 Å². The molecule has 5 nitrogen and oxygen atoms in total. The maximum absolute atomic E-state index is 13.6. The van der Waals surface area contributed by atoms with Gasteiger partial charge in [-0.15, -0.1) is 0 Å². The second-order valence-electron chi connectivity index (χ2n) is 8.53. The molecular weight excluding hydrogens is 384 g/mol. The SMILES string of the molecule is O=S1(=O)c2ccccc2O[C@H]2CCN(Cc3ccccc3)CC[C@@H]2N1CC1CC1. The van der Waals surface area contributed by atoms with Crippen molar-refractivity contribution in [3.8, 4) is 5.75 Å². The number of fused-ring (bicyclic) bond motifs is 2. The third-order valence-electron chi connectivity index (χ3n) is 6.37. The van der Waals surface area contributed by atoms with E-state index in [9.17, 15) is 8.42 Å². The molecule has 0 bridgehead atoms. The van der Waals surface area contributed by atoms with Crippen LogP contribution in [0.25, 0.3) is 0 Å². The molecular formula is C23H28N2O3S. The summed E-state index contributed by atoms with van der Waals surface area (Å²) in [6, 6.07) is 17.5. The van der Waals surface area contributed by atoms with Crippen LogP contribution in [0.4, 0.5) is 0 Å². The van der Waals surface area contributed by atoms with Gasteiger partial charge in [0.1, 0.15) is 16.7 Å². The highest BCUT2D eigenvalue weighted by Crippen LogP contribution is 2.39. The number of para-hydroxylation sites is 1. The standard InChI is InChI=1S/C23H28N2O3S/c26-29(27)23-9-5-4-8-22(23)28-21-13-15-24(16-18-6-2-1-3-7-18)14-12-20(21)25(29)17-19-10-11-19/h1-9,19-21H,10-17H2/t20-,21-/m0/s1. The molecule has 0 N–H and O–H groups in total. The average Bonchev–Trinajstić information content (AvgIpc) is 3.56. The monoisotopic (exact) mass is 412 g/mol. The van der Waals surface area contributed by atoms with Gasteiger partial charge in [0.2, 0.25) is 10.0 Å². The van der Waals surface area contributed by atoms with Crippen LogP contribution in [0.5, 0.6) is 5.75 Å². The van der Waals surface area contributed by atoms with Crippen LogP contribution < -0.4 is 4.74 Å². The first-order valence-electron chi connectivity index (χ1n) is 10.6. The molecule has 6 heteroatoms. The summed E-state index contributed by atoms with van der Waals surface area (Å²) < 4.78 is 35.3. The van der Waals surface area contributed by atoms with E-state index in [1.165, 1.54) is 5.56 Å². The normalized spacial score (nSPS) is 27.2. The van der Waals surface area contributed by atoms with Gasteiger partial charge in [0.05, 0.1) is 6.04 Å². The number of likely N-dealkylation sites (tertiary alicyclic amines) is 1. The maximum Gasteiger partial charge on any atom is 0.247 e. The minimum Gasteiger partial charge on any atom is -0.487 e. The van der Waals surface area contributed by atoms with Crippen molar-refractivity contribution in [2.24, 2.45) is 5.92 Å². The largest absolute Gasteiger partial charge is 0.487 e. The maximum atomic E-state index is 13.6. The molecule has 29 heavy (non-hydrogen) atoms. The molecule has 2 atom stereocenters. The fraction of sp³-hybridized carbons (Fsp3) is 0.478. The summed E-state index contributed by atoms with van der Waals surface area (Å²) in [5.41, 5.74) is 1.29. The second-order valence-corrected chi connectivity index (χ2v) is 10.4. The lowest BCUT2D eigenvalue weighted by Crippen LogP contribution is -2.48. The van der Waals surface area contributed by atoms with Crippen molar-refractivity contribution in [3.63, 3.8) is 0 Å². The highest BCUT2D eigenvalue weighted by molar-refractivity contribution is 7.89. The Hall–Kier alpha value is -1.89. The van der Waals surface area contributed by atoms with Crippen molar-refractivity contribution < 1.29 is 13.2 Å². The highest BCUT2D eigenvalue weighted by atomic mass is 32.2. The number of hydrogen-bond donors (Lipinski definition) is 0. The molecule has 0 spiro atoms. The van der Waals surface area contributed by atoms with E-state index in [0.717, 1.165) is 45.3 Å². The lowest BCUT2D eigenvalue weighted by Gasteiger charge is -2.31. The molecule has 0 aromatic heterocycles. The van der Waals surface area contributed by atoms with Gasteiger partial charge in [-0.3, -0.25) is 4.90 Å². The molecule has 2 aromatic carbocycles. The number of rotatable bonds is 4. The molecule has 2 heterocycles. The van der Waals surface area contributed by atoms with E-state index >= 15 is 0 Å². The Morgan fingerprint density at radius 3 is 2.41 bits per heavy atom. The third kappa shape index (κ3) is 3.93. The highest BCUT2D eigenvalue weighted by Gasteiger charge is 2.45. The lowest BCUT2D eigenvalue weighted by atomic mass is 10.1. The van der Waals surface area contributed by atoms with Crippen LogP contribution in [0, 0.1) is 5.92 Å². The van der Waals surface area contributed by atoms with Crippen molar-refractivity contribution in [2.45, 2.75) is 49.3 Å². The van der Waals surface area contributed by atoms with E-state index in [2.05, 4.69) is 29.2 Å². The molecule has 1 saturated carbocycles. The smallest absolute Gasteiger partial charge is 0.247 e. The van der Waals surface area contributed by atoms with E-state index in [-0.39, 0.29) is 12.1 Å². The molecule has 2 fully saturated rings. The molecule has 2 aliphatic heterocycles. The van der Waals surface area contributed by atoms with Crippen LogP contribution in [0.1, 0.15) is 31.2 Å². The first kappa shape index (κ1) is 19.1. The van der Waals surface area contributed by atoms with Crippen molar-refractivity contribution in [1.29, 1.82) is 0 Å².